The van der Waals surface area contributed by atoms with Crippen LogP contribution in [0.2, 0.25) is 0 Å². The van der Waals surface area contributed by atoms with Crippen LogP contribution in [0.3, 0.4) is 0 Å². The molecule has 0 aliphatic carbocycles. The molecule has 0 amide bonds. The number of oxime groups is 1. The van der Waals surface area contributed by atoms with E-state index in [1.54, 1.807) is 12.1 Å². The molecule has 16 heavy (non-hydrogen) atoms. The van der Waals surface area contributed by atoms with E-state index >= 15 is 0 Å². The molecule has 0 aromatic heterocycles. The second-order valence-electron chi connectivity index (χ2n) is 3.23. The van der Waals surface area contributed by atoms with Crippen molar-refractivity contribution in [1.82, 2.24) is 0 Å². The first-order valence-corrected chi connectivity index (χ1v) is 5.26. The molecule has 0 bridgehead atoms. The van der Waals surface area contributed by atoms with Crippen molar-refractivity contribution in [2.75, 3.05) is 6.61 Å². The average Bonchev–Trinajstić information content (AvgIpc) is 2.30. The van der Waals surface area contributed by atoms with Gasteiger partial charge in [0, 0.05) is 5.56 Å². The van der Waals surface area contributed by atoms with Gasteiger partial charge in [-0.05, 0) is 18.9 Å². The van der Waals surface area contributed by atoms with Crippen LogP contribution >= 0.6 is 0 Å². The largest absolute Gasteiger partial charge is 0.396 e. The molecule has 0 aliphatic rings. The van der Waals surface area contributed by atoms with Crippen LogP contribution in [0.15, 0.2) is 29.4 Å². The van der Waals surface area contributed by atoms with Crippen molar-refractivity contribution >= 4 is 5.71 Å². The summed E-state index contributed by atoms with van der Waals surface area (Å²) in [5.74, 6) is 0. The minimum atomic E-state index is -2.43. The van der Waals surface area contributed by atoms with Crippen LogP contribution in [-0.2, 0) is 4.84 Å². The maximum absolute atomic E-state index is 12.3. The third-order valence-electron chi connectivity index (χ3n) is 2.13. The number of hydrogen-bond donors (Lipinski definition) is 0. The molecule has 0 aliphatic heterocycles. The molecule has 0 N–H and O–H groups in total. The summed E-state index contributed by atoms with van der Waals surface area (Å²) in [6.07, 6.45) is -1.73. The highest BCUT2D eigenvalue weighted by Gasteiger charge is 2.07. The number of nitrogens with zero attached hydrogens (tertiary/aromatic N) is 1. The Kier molecular flexibility index (Phi) is 4.89. The Hall–Kier alpha value is -1.45. The van der Waals surface area contributed by atoms with Gasteiger partial charge in [-0.15, -0.1) is 0 Å². The number of rotatable bonds is 5. The van der Waals surface area contributed by atoms with E-state index in [0.29, 0.717) is 13.0 Å². The average molecular weight is 227 g/mol. The van der Waals surface area contributed by atoms with Crippen molar-refractivity contribution in [2.24, 2.45) is 5.16 Å². The smallest absolute Gasteiger partial charge is 0.263 e. The fraction of sp³-hybridized carbons (Fsp3) is 0.417. The first kappa shape index (κ1) is 12.6. The molecule has 88 valence electrons. The summed E-state index contributed by atoms with van der Waals surface area (Å²) in [5.41, 5.74) is 1.61. The van der Waals surface area contributed by atoms with Crippen LogP contribution in [0.5, 0.6) is 0 Å². The lowest BCUT2D eigenvalue weighted by Gasteiger charge is -2.05. The van der Waals surface area contributed by atoms with Gasteiger partial charge in [0.25, 0.3) is 6.43 Å². The molecular weight excluding hydrogens is 212 g/mol. The van der Waals surface area contributed by atoms with Gasteiger partial charge in [0.15, 0.2) is 0 Å². The van der Waals surface area contributed by atoms with E-state index in [4.69, 9.17) is 4.84 Å². The molecule has 0 saturated carbocycles. The van der Waals surface area contributed by atoms with Gasteiger partial charge < -0.3 is 4.84 Å². The summed E-state index contributed by atoms with van der Waals surface area (Å²) in [6.45, 7) is 4.29. The zero-order chi connectivity index (χ0) is 12.0. The summed E-state index contributed by atoms with van der Waals surface area (Å²) in [7, 11) is 0. The van der Waals surface area contributed by atoms with E-state index in [9.17, 15) is 8.78 Å². The first-order chi connectivity index (χ1) is 7.69. The fourth-order valence-corrected chi connectivity index (χ4v) is 1.28. The number of alkyl halides is 2. The summed E-state index contributed by atoms with van der Waals surface area (Å²) in [4.78, 5) is 4.96. The summed E-state index contributed by atoms with van der Waals surface area (Å²) >= 11 is 0. The van der Waals surface area contributed by atoms with Gasteiger partial charge in [0.2, 0.25) is 0 Å². The van der Waals surface area contributed by atoms with Crippen molar-refractivity contribution in [3.05, 3.63) is 35.4 Å². The second kappa shape index (κ2) is 6.20. The van der Waals surface area contributed by atoms with Gasteiger partial charge in [-0.3, -0.25) is 0 Å². The minimum Gasteiger partial charge on any atom is -0.396 e. The molecule has 1 aromatic rings. The zero-order valence-electron chi connectivity index (χ0n) is 9.41. The molecule has 0 spiro atoms. The molecule has 0 atom stereocenters. The van der Waals surface area contributed by atoms with Gasteiger partial charge in [-0.25, -0.2) is 8.78 Å². The third-order valence-corrected chi connectivity index (χ3v) is 2.13. The Bertz CT molecular complexity index is 347. The number of halogens is 2. The van der Waals surface area contributed by atoms with Gasteiger partial charge in [-0.2, -0.15) is 0 Å². The molecule has 0 unspecified atom stereocenters. The molecule has 0 saturated heterocycles. The van der Waals surface area contributed by atoms with Gasteiger partial charge in [0.05, 0.1) is 5.71 Å². The van der Waals surface area contributed by atoms with E-state index in [-0.39, 0.29) is 5.56 Å². The monoisotopic (exact) mass is 227 g/mol. The highest BCUT2D eigenvalue weighted by molar-refractivity contribution is 6.00. The van der Waals surface area contributed by atoms with Crippen LogP contribution in [0.1, 0.15) is 37.8 Å². The van der Waals surface area contributed by atoms with E-state index in [1.807, 2.05) is 13.8 Å². The standard InChI is InChI=1S/C12H15F2NO/c1-3-11(15-16-4-2)9-5-7-10(8-6-9)12(13)14/h5-8,12H,3-4H2,1-2H3/b15-11+. The van der Waals surface area contributed by atoms with Crippen LogP contribution in [-0.4, -0.2) is 12.3 Å². The fourth-order valence-electron chi connectivity index (χ4n) is 1.28. The van der Waals surface area contributed by atoms with Gasteiger partial charge in [-0.1, -0.05) is 36.3 Å². The van der Waals surface area contributed by atoms with Crippen LogP contribution < -0.4 is 0 Å². The predicted octanol–water partition coefficient (Wildman–Crippen LogP) is 3.77. The lowest BCUT2D eigenvalue weighted by atomic mass is 10.1. The van der Waals surface area contributed by atoms with Gasteiger partial charge in [0.1, 0.15) is 6.61 Å². The van der Waals surface area contributed by atoms with Crippen molar-refractivity contribution in [2.45, 2.75) is 26.7 Å². The predicted molar refractivity (Wildman–Crippen MR) is 59.9 cm³/mol. The van der Waals surface area contributed by atoms with Crippen LogP contribution in [0.4, 0.5) is 8.78 Å². The Morgan fingerprint density at radius 3 is 2.31 bits per heavy atom. The van der Waals surface area contributed by atoms with E-state index < -0.39 is 6.43 Å². The normalized spacial score (nSPS) is 11.9. The van der Waals surface area contributed by atoms with Crippen LogP contribution in [0.25, 0.3) is 0 Å². The third kappa shape index (κ3) is 3.29. The van der Waals surface area contributed by atoms with E-state index in [1.165, 1.54) is 12.1 Å². The quantitative estimate of drug-likeness (QED) is 0.554. The summed E-state index contributed by atoms with van der Waals surface area (Å²) < 4.78 is 24.7. The maximum Gasteiger partial charge on any atom is 0.263 e. The number of hydrogen-bond acceptors (Lipinski definition) is 2. The van der Waals surface area contributed by atoms with Crippen LogP contribution in [0, 0.1) is 0 Å². The Morgan fingerprint density at radius 1 is 1.25 bits per heavy atom. The molecule has 2 nitrogen and oxygen atoms in total. The highest BCUT2D eigenvalue weighted by atomic mass is 19.3. The Balaban J connectivity index is 2.86. The first-order valence-electron chi connectivity index (χ1n) is 5.26. The number of benzene rings is 1. The molecule has 4 heteroatoms. The van der Waals surface area contributed by atoms with Crippen molar-refractivity contribution in [1.29, 1.82) is 0 Å². The Morgan fingerprint density at radius 2 is 1.88 bits per heavy atom. The molecule has 0 heterocycles. The topological polar surface area (TPSA) is 21.6 Å². The van der Waals surface area contributed by atoms with E-state index in [2.05, 4.69) is 5.16 Å². The van der Waals surface area contributed by atoms with E-state index in [0.717, 1.165) is 11.3 Å². The summed E-state index contributed by atoms with van der Waals surface area (Å²) in [6, 6.07) is 6.11. The lowest BCUT2D eigenvalue weighted by molar-refractivity contribution is 0.151. The van der Waals surface area contributed by atoms with Crippen molar-refractivity contribution in [3.8, 4) is 0 Å². The Labute approximate surface area is 93.9 Å². The summed E-state index contributed by atoms with van der Waals surface area (Å²) in [5, 5.41) is 3.93. The van der Waals surface area contributed by atoms with Gasteiger partial charge >= 0.3 is 0 Å². The second-order valence-corrected chi connectivity index (χ2v) is 3.23. The molecule has 0 fully saturated rings. The minimum absolute atomic E-state index is 0.0237. The highest BCUT2D eigenvalue weighted by Crippen LogP contribution is 2.19. The maximum atomic E-state index is 12.3. The molecular formula is C12H15F2NO. The van der Waals surface area contributed by atoms with Crippen molar-refractivity contribution < 1.29 is 13.6 Å². The molecule has 1 aromatic carbocycles. The lowest BCUT2D eigenvalue weighted by Crippen LogP contribution is -2.00. The zero-order valence-corrected chi connectivity index (χ0v) is 9.41. The SMILES string of the molecule is CCO/N=C(\CC)c1ccc(C(F)F)cc1. The van der Waals surface area contributed by atoms with Crippen molar-refractivity contribution in [3.63, 3.8) is 0 Å². The molecule has 0 radical (unpaired) electrons. The molecule has 1 rings (SSSR count).